The Morgan fingerprint density at radius 2 is 1.95 bits per heavy atom. The van der Waals surface area contributed by atoms with Crippen LogP contribution in [0.4, 0.5) is 0 Å². The van der Waals surface area contributed by atoms with E-state index in [2.05, 4.69) is 36.5 Å². The third-order valence-corrected chi connectivity index (χ3v) is 4.37. The Balaban J connectivity index is 1.69. The lowest BCUT2D eigenvalue weighted by molar-refractivity contribution is -0.121. The molecule has 0 saturated heterocycles. The van der Waals surface area contributed by atoms with Crippen molar-refractivity contribution in [2.24, 2.45) is 11.8 Å². The average molecular weight is 275 g/mol. The highest BCUT2D eigenvalue weighted by molar-refractivity contribution is 5.76. The monoisotopic (exact) mass is 275 g/mol. The van der Waals surface area contributed by atoms with Crippen LogP contribution < -0.4 is 5.32 Å². The Hall–Kier alpha value is -1.35. The molecule has 0 spiro atoms. The van der Waals surface area contributed by atoms with E-state index in [1.807, 2.05) is 0 Å². The van der Waals surface area contributed by atoms with Crippen molar-refractivity contribution in [3.05, 3.63) is 35.4 Å². The van der Waals surface area contributed by atoms with Crippen LogP contribution in [0, 0.1) is 18.8 Å². The number of hydrogen-bond acceptors (Lipinski definition) is 2. The van der Waals surface area contributed by atoms with Gasteiger partial charge < -0.3 is 10.4 Å². The first-order valence-corrected chi connectivity index (χ1v) is 7.62. The van der Waals surface area contributed by atoms with Gasteiger partial charge in [-0.15, -0.1) is 0 Å². The van der Waals surface area contributed by atoms with Gasteiger partial charge in [-0.1, -0.05) is 36.2 Å². The van der Waals surface area contributed by atoms with Crippen molar-refractivity contribution in [1.29, 1.82) is 0 Å². The van der Waals surface area contributed by atoms with E-state index in [0.717, 1.165) is 25.8 Å². The molecule has 1 saturated carbocycles. The fraction of sp³-hybridized carbons (Fsp3) is 0.588. The molecule has 3 heteroatoms. The summed E-state index contributed by atoms with van der Waals surface area (Å²) in [6.07, 6.45) is 4.73. The number of aliphatic hydroxyl groups excluding tert-OH is 1. The van der Waals surface area contributed by atoms with Crippen LogP contribution >= 0.6 is 0 Å². The maximum Gasteiger partial charge on any atom is 0.220 e. The zero-order valence-electron chi connectivity index (χ0n) is 12.3. The summed E-state index contributed by atoms with van der Waals surface area (Å²) in [5.74, 6) is 0.963. The molecule has 2 atom stereocenters. The third kappa shape index (κ3) is 4.34. The topological polar surface area (TPSA) is 49.3 Å². The molecule has 110 valence electrons. The minimum Gasteiger partial charge on any atom is -0.396 e. The van der Waals surface area contributed by atoms with Crippen LogP contribution in [-0.4, -0.2) is 24.2 Å². The summed E-state index contributed by atoms with van der Waals surface area (Å²) in [6.45, 7) is 3.04. The number of carbonyl (C=O) groups is 1. The summed E-state index contributed by atoms with van der Waals surface area (Å²) in [5, 5.41) is 12.3. The molecule has 0 heterocycles. The van der Waals surface area contributed by atoms with Gasteiger partial charge in [0, 0.05) is 19.6 Å². The van der Waals surface area contributed by atoms with E-state index in [-0.39, 0.29) is 12.5 Å². The Kier molecular flexibility index (Phi) is 5.60. The van der Waals surface area contributed by atoms with Gasteiger partial charge in [-0.2, -0.15) is 0 Å². The number of amides is 1. The van der Waals surface area contributed by atoms with Gasteiger partial charge in [-0.25, -0.2) is 0 Å². The standard InChI is InChI=1S/C17H25NO2/c1-13-5-7-14(8-6-13)9-10-17(20)18-11-15-3-2-4-16(15)12-19/h5-8,15-16,19H,2-4,9-12H2,1H3,(H,18,20). The normalized spacial score (nSPS) is 21.9. The molecule has 0 aromatic heterocycles. The molecule has 1 aromatic rings. The molecule has 0 aliphatic heterocycles. The van der Waals surface area contributed by atoms with Crippen molar-refractivity contribution in [1.82, 2.24) is 5.32 Å². The molecule has 20 heavy (non-hydrogen) atoms. The van der Waals surface area contributed by atoms with E-state index in [9.17, 15) is 9.90 Å². The summed E-state index contributed by atoms with van der Waals surface area (Å²) in [5.41, 5.74) is 2.45. The molecule has 1 amide bonds. The van der Waals surface area contributed by atoms with Gasteiger partial charge in [0.2, 0.25) is 5.91 Å². The molecule has 0 radical (unpaired) electrons. The Morgan fingerprint density at radius 3 is 2.65 bits per heavy atom. The van der Waals surface area contributed by atoms with Crippen LogP contribution in [0.1, 0.15) is 36.8 Å². The smallest absolute Gasteiger partial charge is 0.220 e. The number of aliphatic hydroxyl groups is 1. The van der Waals surface area contributed by atoms with E-state index < -0.39 is 0 Å². The maximum atomic E-state index is 11.9. The zero-order chi connectivity index (χ0) is 14.4. The van der Waals surface area contributed by atoms with Gasteiger partial charge in [0.25, 0.3) is 0 Å². The summed E-state index contributed by atoms with van der Waals surface area (Å²) < 4.78 is 0. The van der Waals surface area contributed by atoms with Gasteiger partial charge in [0.15, 0.2) is 0 Å². The minimum absolute atomic E-state index is 0.120. The molecular formula is C17H25NO2. The van der Waals surface area contributed by atoms with Crippen molar-refractivity contribution in [2.75, 3.05) is 13.2 Å². The second kappa shape index (κ2) is 7.44. The fourth-order valence-electron chi connectivity index (χ4n) is 2.97. The zero-order valence-corrected chi connectivity index (χ0v) is 12.3. The summed E-state index contributed by atoms with van der Waals surface area (Å²) in [6, 6.07) is 8.33. The first-order chi connectivity index (χ1) is 9.69. The van der Waals surface area contributed by atoms with Crippen LogP contribution in [-0.2, 0) is 11.2 Å². The largest absolute Gasteiger partial charge is 0.396 e. The average Bonchev–Trinajstić information content (AvgIpc) is 2.92. The van der Waals surface area contributed by atoms with Gasteiger partial charge in [0.1, 0.15) is 0 Å². The Bertz CT molecular complexity index is 427. The van der Waals surface area contributed by atoms with Crippen LogP contribution in [0.25, 0.3) is 0 Å². The van der Waals surface area contributed by atoms with Crippen molar-refractivity contribution < 1.29 is 9.90 Å². The summed E-state index contributed by atoms with van der Waals surface area (Å²) >= 11 is 0. The fourth-order valence-corrected chi connectivity index (χ4v) is 2.97. The van der Waals surface area contributed by atoms with Crippen LogP contribution in [0.5, 0.6) is 0 Å². The number of rotatable bonds is 6. The van der Waals surface area contributed by atoms with E-state index in [0.29, 0.717) is 18.3 Å². The number of nitrogens with one attached hydrogen (secondary N) is 1. The minimum atomic E-state index is 0.120. The van der Waals surface area contributed by atoms with E-state index in [1.54, 1.807) is 0 Å². The van der Waals surface area contributed by atoms with Crippen molar-refractivity contribution in [3.8, 4) is 0 Å². The third-order valence-electron chi connectivity index (χ3n) is 4.37. The van der Waals surface area contributed by atoms with E-state index >= 15 is 0 Å². The lowest BCUT2D eigenvalue weighted by Gasteiger charge is -2.17. The van der Waals surface area contributed by atoms with Gasteiger partial charge in [0.05, 0.1) is 0 Å². The van der Waals surface area contributed by atoms with Crippen LogP contribution in [0.2, 0.25) is 0 Å². The van der Waals surface area contributed by atoms with Crippen LogP contribution in [0.15, 0.2) is 24.3 Å². The summed E-state index contributed by atoms with van der Waals surface area (Å²) in [4.78, 5) is 11.9. The van der Waals surface area contributed by atoms with Crippen molar-refractivity contribution in [3.63, 3.8) is 0 Å². The highest BCUT2D eigenvalue weighted by Crippen LogP contribution is 2.30. The van der Waals surface area contributed by atoms with Gasteiger partial charge >= 0.3 is 0 Å². The van der Waals surface area contributed by atoms with E-state index in [4.69, 9.17) is 0 Å². The second-order valence-corrected chi connectivity index (χ2v) is 5.92. The highest BCUT2D eigenvalue weighted by Gasteiger charge is 2.26. The molecule has 3 nitrogen and oxygen atoms in total. The summed E-state index contributed by atoms with van der Waals surface area (Å²) in [7, 11) is 0. The number of carbonyl (C=O) groups excluding carboxylic acids is 1. The first kappa shape index (κ1) is 15.0. The lowest BCUT2D eigenvalue weighted by Crippen LogP contribution is -2.31. The second-order valence-electron chi connectivity index (χ2n) is 5.92. The molecule has 2 unspecified atom stereocenters. The van der Waals surface area contributed by atoms with Crippen molar-refractivity contribution in [2.45, 2.75) is 39.0 Å². The molecular weight excluding hydrogens is 250 g/mol. The first-order valence-electron chi connectivity index (χ1n) is 7.62. The molecule has 0 bridgehead atoms. The molecule has 1 aliphatic carbocycles. The number of hydrogen-bond donors (Lipinski definition) is 2. The highest BCUT2D eigenvalue weighted by atomic mass is 16.3. The number of benzene rings is 1. The molecule has 2 N–H and O–H groups in total. The van der Waals surface area contributed by atoms with Crippen LogP contribution in [0.3, 0.4) is 0 Å². The van der Waals surface area contributed by atoms with Gasteiger partial charge in [-0.3, -0.25) is 4.79 Å². The molecule has 1 aliphatic rings. The quantitative estimate of drug-likeness (QED) is 0.838. The predicted octanol–water partition coefficient (Wildman–Crippen LogP) is 2.45. The Morgan fingerprint density at radius 1 is 1.25 bits per heavy atom. The SMILES string of the molecule is Cc1ccc(CCC(=O)NCC2CCCC2CO)cc1. The maximum absolute atomic E-state index is 11.9. The lowest BCUT2D eigenvalue weighted by atomic mass is 9.97. The van der Waals surface area contributed by atoms with Gasteiger partial charge in [-0.05, 0) is 43.6 Å². The number of aryl methyl sites for hydroxylation is 2. The Labute approximate surface area is 121 Å². The van der Waals surface area contributed by atoms with E-state index in [1.165, 1.54) is 17.5 Å². The predicted molar refractivity (Wildman–Crippen MR) is 80.4 cm³/mol. The molecule has 2 rings (SSSR count). The molecule has 1 aromatic carbocycles. The molecule has 1 fully saturated rings. The van der Waals surface area contributed by atoms with Crippen molar-refractivity contribution >= 4 is 5.91 Å².